The lowest BCUT2D eigenvalue weighted by atomic mass is 9.93. The fraction of sp³-hybridized carbons (Fsp3) is 0.762. The van der Waals surface area contributed by atoms with E-state index in [0.29, 0.717) is 24.4 Å². The summed E-state index contributed by atoms with van der Waals surface area (Å²) in [6, 6.07) is 2.44. The second kappa shape index (κ2) is 9.07. The van der Waals surface area contributed by atoms with Gasteiger partial charge in [0.2, 0.25) is 11.8 Å². The third-order valence-corrected chi connectivity index (χ3v) is 6.47. The van der Waals surface area contributed by atoms with Crippen LogP contribution < -0.4 is 5.32 Å². The largest absolute Gasteiger partial charge is 0.356 e. The van der Waals surface area contributed by atoms with Crippen molar-refractivity contribution in [3.8, 4) is 0 Å². The van der Waals surface area contributed by atoms with Crippen molar-refractivity contribution in [3.05, 3.63) is 18.5 Å². The lowest BCUT2D eigenvalue weighted by molar-refractivity contribution is -0.134. The van der Waals surface area contributed by atoms with Crippen molar-refractivity contribution in [1.29, 1.82) is 0 Å². The molecule has 7 nitrogen and oxygen atoms in total. The highest BCUT2D eigenvalue weighted by molar-refractivity contribution is 5.81. The Balaban J connectivity index is 1.17. The van der Waals surface area contributed by atoms with Gasteiger partial charge in [-0.25, -0.2) is 0 Å². The number of piperidine rings is 2. The first-order chi connectivity index (χ1) is 13.7. The van der Waals surface area contributed by atoms with Gasteiger partial charge in [0, 0.05) is 57.1 Å². The molecule has 154 valence electrons. The highest BCUT2D eigenvalue weighted by atomic mass is 16.2. The first kappa shape index (κ1) is 19.4. The molecule has 3 fully saturated rings. The van der Waals surface area contributed by atoms with Gasteiger partial charge in [0.05, 0.1) is 5.92 Å². The van der Waals surface area contributed by atoms with Crippen LogP contribution in [0.5, 0.6) is 0 Å². The van der Waals surface area contributed by atoms with Gasteiger partial charge in [-0.15, -0.1) is 0 Å². The summed E-state index contributed by atoms with van der Waals surface area (Å²) >= 11 is 0. The fourth-order valence-corrected chi connectivity index (χ4v) is 4.62. The molecule has 2 saturated heterocycles. The van der Waals surface area contributed by atoms with Crippen LogP contribution >= 0.6 is 0 Å². The van der Waals surface area contributed by atoms with E-state index in [1.165, 1.54) is 0 Å². The van der Waals surface area contributed by atoms with Crippen LogP contribution in [0.25, 0.3) is 0 Å². The van der Waals surface area contributed by atoms with Gasteiger partial charge in [-0.2, -0.15) is 5.10 Å². The lowest BCUT2D eigenvalue weighted by Gasteiger charge is -2.42. The summed E-state index contributed by atoms with van der Waals surface area (Å²) < 4.78 is 1.90. The Kier molecular flexibility index (Phi) is 6.29. The smallest absolute Gasteiger partial charge is 0.225 e. The molecule has 1 saturated carbocycles. The summed E-state index contributed by atoms with van der Waals surface area (Å²) in [6.07, 6.45) is 11.0. The van der Waals surface area contributed by atoms with E-state index in [1.807, 2.05) is 16.9 Å². The van der Waals surface area contributed by atoms with E-state index in [2.05, 4.69) is 20.2 Å². The topological polar surface area (TPSA) is 70.5 Å². The summed E-state index contributed by atoms with van der Waals surface area (Å²) in [5.41, 5.74) is 0. The van der Waals surface area contributed by atoms with Gasteiger partial charge >= 0.3 is 0 Å². The molecule has 3 aliphatic rings. The Labute approximate surface area is 167 Å². The molecular weight excluding hydrogens is 354 g/mol. The average Bonchev–Trinajstić information content (AvgIpc) is 3.46. The van der Waals surface area contributed by atoms with Gasteiger partial charge < -0.3 is 10.2 Å². The van der Waals surface area contributed by atoms with Gasteiger partial charge in [-0.1, -0.05) is 0 Å². The zero-order valence-corrected chi connectivity index (χ0v) is 16.8. The zero-order chi connectivity index (χ0) is 19.3. The van der Waals surface area contributed by atoms with Gasteiger partial charge in [0.1, 0.15) is 0 Å². The normalized spacial score (nSPS) is 24.3. The Hall–Kier alpha value is -1.89. The van der Waals surface area contributed by atoms with E-state index in [4.69, 9.17) is 0 Å². The zero-order valence-electron chi connectivity index (χ0n) is 16.8. The molecule has 0 spiro atoms. The summed E-state index contributed by atoms with van der Waals surface area (Å²) in [4.78, 5) is 29.4. The SMILES string of the molecule is O=C(NCCCn1cccn1)[C@H]1CCCN(C2CCN(C(=O)C3CC3)CC2)C1. The van der Waals surface area contributed by atoms with Crippen LogP contribution in [0, 0.1) is 11.8 Å². The maximum atomic E-state index is 12.6. The monoisotopic (exact) mass is 387 g/mol. The van der Waals surface area contributed by atoms with E-state index in [9.17, 15) is 9.59 Å². The molecule has 2 aliphatic heterocycles. The van der Waals surface area contributed by atoms with Crippen molar-refractivity contribution in [2.24, 2.45) is 11.8 Å². The minimum Gasteiger partial charge on any atom is -0.356 e. The molecule has 4 rings (SSSR count). The predicted molar refractivity (Wildman–Crippen MR) is 106 cm³/mol. The van der Waals surface area contributed by atoms with E-state index >= 15 is 0 Å². The number of rotatable bonds is 7. The third-order valence-electron chi connectivity index (χ3n) is 6.47. The van der Waals surface area contributed by atoms with Gasteiger partial charge in [-0.05, 0) is 57.6 Å². The molecule has 2 amide bonds. The van der Waals surface area contributed by atoms with E-state index in [-0.39, 0.29) is 11.8 Å². The number of aromatic nitrogens is 2. The van der Waals surface area contributed by atoms with Crippen LogP contribution in [0.1, 0.15) is 44.9 Å². The highest BCUT2D eigenvalue weighted by Gasteiger charge is 2.37. The van der Waals surface area contributed by atoms with Crippen LogP contribution in [0.2, 0.25) is 0 Å². The van der Waals surface area contributed by atoms with Crippen LogP contribution in [-0.2, 0) is 16.1 Å². The molecule has 1 aliphatic carbocycles. The number of likely N-dealkylation sites (tertiary alicyclic amines) is 2. The summed E-state index contributed by atoms with van der Waals surface area (Å²) in [7, 11) is 0. The van der Waals surface area contributed by atoms with E-state index in [0.717, 1.165) is 77.7 Å². The predicted octanol–water partition coefficient (Wildman–Crippen LogP) is 1.50. The average molecular weight is 388 g/mol. The number of nitrogens with one attached hydrogen (secondary N) is 1. The number of hydrogen-bond acceptors (Lipinski definition) is 4. The maximum Gasteiger partial charge on any atom is 0.225 e. The number of aryl methyl sites for hydroxylation is 1. The Morgan fingerprint density at radius 2 is 1.86 bits per heavy atom. The number of amides is 2. The lowest BCUT2D eigenvalue weighted by Crippen LogP contribution is -2.51. The van der Waals surface area contributed by atoms with Crippen LogP contribution in [-0.4, -0.2) is 70.2 Å². The molecule has 1 atom stereocenters. The number of hydrogen-bond donors (Lipinski definition) is 1. The quantitative estimate of drug-likeness (QED) is 0.720. The molecule has 3 heterocycles. The molecule has 1 aromatic rings. The van der Waals surface area contributed by atoms with Crippen LogP contribution in [0.4, 0.5) is 0 Å². The maximum absolute atomic E-state index is 12.6. The number of nitrogens with zero attached hydrogens (tertiary/aromatic N) is 4. The molecule has 7 heteroatoms. The van der Waals surface area contributed by atoms with Gasteiger partial charge in [0.15, 0.2) is 0 Å². The molecule has 0 aromatic carbocycles. The van der Waals surface area contributed by atoms with Gasteiger partial charge in [0.25, 0.3) is 0 Å². The minimum atomic E-state index is 0.101. The second-order valence-corrected chi connectivity index (χ2v) is 8.58. The third kappa shape index (κ3) is 4.93. The molecule has 0 bridgehead atoms. The van der Waals surface area contributed by atoms with Crippen molar-refractivity contribution in [2.75, 3.05) is 32.7 Å². The molecular formula is C21H33N5O2. The summed E-state index contributed by atoms with van der Waals surface area (Å²) in [5, 5.41) is 7.31. The molecule has 0 unspecified atom stereocenters. The van der Waals surface area contributed by atoms with Crippen LogP contribution in [0.3, 0.4) is 0 Å². The number of carbonyl (C=O) groups excluding carboxylic acids is 2. The molecule has 1 N–H and O–H groups in total. The van der Waals surface area contributed by atoms with Gasteiger partial charge in [-0.3, -0.25) is 19.2 Å². The Bertz CT molecular complexity index is 650. The molecule has 0 radical (unpaired) electrons. The molecule has 28 heavy (non-hydrogen) atoms. The van der Waals surface area contributed by atoms with E-state index in [1.54, 1.807) is 6.20 Å². The van der Waals surface area contributed by atoms with Crippen LogP contribution in [0.15, 0.2) is 18.5 Å². The highest BCUT2D eigenvalue weighted by Crippen LogP contribution is 2.32. The van der Waals surface area contributed by atoms with Crippen molar-refractivity contribution in [2.45, 2.75) is 57.5 Å². The summed E-state index contributed by atoms with van der Waals surface area (Å²) in [6.45, 7) is 5.28. The first-order valence-corrected chi connectivity index (χ1v) is 11.0. The van der Waals surface area contributed by atoms with E-state index < -0.39 is 0 Å². The van der Waals surface area contributed by atoms with Crippen molar-refractivity contribution < 1.29 is 9.59 Å². The van der Waals surface area contributed by atoms with Crippen molar-refractivity contribution in [3.63, 3.8) is 0 Å². The first-order valence-electron chi connectivity index (χ1n) is 11.0. The molecule has 1 aromatic heterocycles. The summed E-state index contributed by atoms with van der Waals surface area (Å²) in [5.74, 6) is 1.01. The Morgan fingerprint density at radius 1 is 1.04 bits per heavy atom. The van der Waals surface area contributed by atoms with Crippen molar-refractivity contribution >= 4 is 11.8 Å². The minimum absolute atomic E-state index is 0.101. The second-order valence-electron chi connectivity index (χ2n) is 8.58. The fourth-order valence-electron chi connectivity index (χ4n) is 4.62. The van der Waals surface area contributed by atoms with Crippen molar-refractivity contribution in [1.82, 2.24) is 24.9 Å². The number of carbonyl (C=O) groups is 2. The standard InChI is InChI=1S/C21H33N5O2/c27-20(22-9-2-12-26-13-3-10-23-26)18-4-1-11-25(16-18)19-7-14-24(15-8-19)21(28)17-5-6-17/h3,10,13,17-19H,1-2,4-9,11-12,14-16H2,(H,22,27)/t18-/m0/s1. The Morgan fingerprint density at radius 3 is 2.57 bits per heavy atom.